The summed E-state index contributed by atoms with van der Waals surface area (Å²) in [5.41, 5.74) is 2.47. The molecule has 0 fully saturated rings. The summed E-state index contributed by atoms with van der Waals surface area (Å²) >= 11 is 2.80. The molecule has 11 heteroatoms. The molecule has 1 aliphatic rings. The SMILES string of the molecule is CCCCn1c(CNC(=O)Cc2ccccc2)nnc1S[C@H](C)C(=O)Nc1sc2c(c1C(=O)OCC)CCCC2. The topological polar surface area (TPSA) is 115 Å². The first kappa shape index (κ1) is 29.8. The van der Waals surface area contributed by atoms with Crippen molar-refractivity contribution >= 4 is 45.9 Å². The fourth-order valence-corrected chi connectivity index (χ4v) is 6.77. The molecule has 40 heavy (non-hydrogen) atoms. The second-order valence-electron chi connectivity index (χ2n) is 9.73. The van der Waals surface area contributed by atoms with Crippen molar-refractivity contribution in [3.8, 4) is 0 Å². The van der Waals surface area contributed by atoms with Gasteiger partial charge in [-0.2, -0.15) is 0 Å². The molecular formula is C29H37N5O4S2. The van der Waals surface area contributed by atoms with Crippen LogP contribution in [0.5, 0.6) is 0 Å². The Morgan fingerprint density at radius 3 is 2.65 bits per heavy atom. The zero-order chi connectivity index (χ0) is 28.5. The lowest BCUT2D eigenvalue weighted by atomic mass is 9.95. The molecule has 0 bridgehead atoms. The average Bonchev–Trinajstić information content (AvgIpc) is 3.51. The van der Waals surface area contributed by atoms with Gasteiger partial charge in [0.05, 0.1) is 30.4 Å². The fraction of sp³-hybridized carbons (Fsp3) is 0.483. The van der Waals surface area contributed by atoms with Crippen LogP contribution in [0, 0.1) is 0 Å². The first-order valence-electron chi connectivity index (χ1n) is 13.9. The maximum Gasteiger partial charge on any atom is 0.341 e. The van der Waals surface area contributed by atoms with Gasteiger partial charge in [0.25, 0.3) is 0 Å². The van der Waals surface area contributed by atoms with Crippen LogP contribution in [0.1, 0.15) is 78.6 Å². The number of aryl methyl sites for hydroxylation is 1. The molecule has 0 unspecified atom stereocenters. The largest absolute Gasteiger partial charge is 0.462 e. The van der Waals surface area contributed by atoms with Gasteiger partial charge in [0, 0.05) is 11.4 Å². The molecule has 2 N–H and O–H groups in total. The number of rotatable bonds is 13. The van der Waals surface area contributed by atoms with Crippen molar-refractivity contribution in [3.05, 3.63) is 57.7 Å². The first-order chi connectivity index (χ1) is 19.4. The smallest absolute Gasteiger partial charge is 0.341 e. The number of thiophene rings is 1. The Kier molecular flexibility index (Phi) is 10.8. The van der Waals surface area contributed by atoms with Gasteiger partial charge in [-0.15, -0.1) is 21.5 Å². The number of esters is 1. The van der Waals surface area contributed by atoms with Crippen molar-refractivity contribution in [3.63, 3.8) is 0 Å². The van der Waals surface area contributed by atoms with Gasteiger partial charge in [-0.05, 0) is 57.1 Å². The van der Waals surface area contributed by atoms with Crippen molar-refractivity contribution in [1.29, 1.82) is 0 Å². The van der Waals surface area contributed by atoms with Gasteiger partial charge in [0.1, 0.15) is 5.00 Å². The van der Waals surface area contributed by atoms with Crippen molar-refractivity contribution in [1.82, 2.24) is 20.1 Å². The molecule has 4 rings (SSSR count). The van der Waals surface area contributed by atoms with Gasteiger partial charge >= 0.3 is 5.97 Å². The predicted octanol–water partition coefficient (Wildman–Crippen LogP) is 5.17. The first-order valence-corrected chi connectivity index (χ1v) is 15.6. The molecule has 1 aliphatic carbocycles. The van der Waals surface area contributed by atoms with Crippen LogP contribution in [0.15, 0.2) is 35.5 Å². The summed E-state index contributed by atoms with van der Waals surface area (Å²) in [5.74, 6) is -0.0255. The molecule has 9 nitrogen and oxygen atoms in total. The molecule has 0 saturated heterocycles. The van der Waals surface area contributed by atoms with E-state index in [1.165, 1.54) is 23.1 Å². The summed E-state index contributed by atoms with van der Waals surface area (Å²) in [7, 11) is 0. The highest BCUT2D eigenvalue weighted by atomic mass is 32.2. The summed E-state index contributed by atoms with van der Waals surface area (Å²) < 4.78 is 7.30. The van der Waals surface area contributed by atoms with Crippen LogP contribution in [-0.4, -0.2) is 44.4 Å². The highest BCUT2D eigenvalue weighted by Gasteiger charge is 2.29. The number of nitrogens with zero attached hydrogens (tertiary/aromatic N) is 3. The van der Waals surface area contributed by atoms with E-state index in [2.05, 4.69) is 27.8 Å². The van der Waals surface area contributed by atoms with Gasteiger partial charge in [0.15, 0.2) is 11.0 Å². The number of carbonyl (C=O) groups excluding carboxylic acids is 3. The number of thioether (sulfide) groups is 1. The van der Waals surface area contributed by atoms with Crippen molar-refractivity contribution in [2.24, 2.45) is 0 Å². The Morgan fingerprint density at radius 2 is 1.90 bits per heavy atom. The second-order valence-corrected chi connectivity index (χ2v) is 12.1. The number of fused-ring (bicyclic) bond motifs is 1. The minimum Gasteiger partial charge on any atom is -0.462 e. The number of carbonyl (C=O) groups is 3. The third-order valence-corrected chi connectivity index (χ3v) is 9.01. The third kappa shape index (κ3) is 7.51. The molecule has 0 radical (unpaired) electrons. The van der Waals surface area contributed by atoms with Crippen LogP contribution < -0.4 is 10.6 Å². The van der Waals surface area contributed by atoms with E-state index in [-0.39, 0.29) is 30.9 Å². The van der Waals surface area contributed by atoms with Crippen molar-refractivity contribution < 1.29 is 19.1 Å². The second kappa shape index (κ2) is 14.5. The minimum atomic E-state index is -0.487. The zero-order valence-electron chi connectivity index (χ0n) is 23.3. The summed E-state index contributed by atoms with van der Waals surface area (Å²) in [4.78, 5) is 39.7. The average molecular weight is 584 g/mol. The molecule has 0 spiro atoms. The molecule has 1 aromatic carbocycles. The van der Waals surface area contributed by atoms with E-state index in [1.807, 2.05) is 41.8 Å². The maximum atomic E-state index is 13.3. The van der Waals surface area contributed by atoms with E-state index in [4.69, 9.17) is 4.74 Å². The number of aromatic nitrogens is 3. The number of unbranched alkanes of at least 4 members (excludes halogenated alkanes) is 1. The molecule has 3 aromatic rings. The quantitative estimate of drug-likeness (QED) is 0.211. The number of benzene rings is 1. The number of amides is 2. The fourth-order valence-electron chi connectivity index (χ4n) is 4.60. The molecule has 2 heterocycles. The Morgan fingerprint density at radius 1 is 1.12 bits per heavy atom. The Bertz CT molecular complexity index is 1320. The van der Waals surface area contributed by atoms with Crippen LogP contribution in [0.2, 0.25) is 0 Å². The van der Waals surface area contributed by atoms with Crippen LogP contribution in [0.25, 0.3) is 0 Å². The third-order valence-electron chi connectivity index (χ3n) is 6.72. The molecule has 2 aromatic heterocycles. The van der Waals surface area contributed by atoms with Crippen LogP contribution in [0.3, 0.4) is 0 Å². The zero-order valence-corrected chi connectivity index (χ0v) is 25.0. The van der Waals surface area contributed by atoms with E-state index in [9.17, 15) is 14.4 Å². The molecule has 214 valence electrons. The lowest BCUT2D eigenvalue weighted by Crippen LogP contribution is -2.26. The Hall–Kier alpha value is -3.18. The van der Waals surface area contributed by atoms with E-state index in [0.717, 1.165) is 54.5 Å². The van der Waals surface area contributed by atoms with E-state index in [1.54, 1.807) is 6.92 Å². The van der Waals surface area contributed by atoms with E-state index < -0.39 is 5.25 Å². The van der Waals surface area contributed by atoms with Gasteiger partial charge in [0.2, 0.25) is 11.8 Å². The number of hydrogen-bond donors (Lipinski definition) is 2. The number of hydrogen-bond acceptors (Lipinski definition) is 8. The van der Waals surface area contributed by atoms with Gasteiger partial charge in [-0.3, -0.25) is 9.59 Å². The summed E-state index contributed by atoms with van der Waals surface area (Å²) in [6.07, 6.45) is 6.04. The normalized spacial score (nSPS) is 13.4. The van der Waals surface area contributed by atoms with Crippen LogP contribution in [-0.2, 0) is 46.7 Å². The standard InChI is InChI=1S/C29H37N5O4S2/c1-4-6-16-34-23(18-30-24(35)17-20-12-8-7-9-13-20)32-33-29(34)39-19(3)26(36)31-27-25(28(37)38-5-2)21-14-10-11-15-22(21)40-27/h7-9,12-13,19H,4-6,10-11,14-18H2,1-3H3,(H,30,35)(H,31,36)/t19-/m1/s1. The van der Waals surface area contributed by atoms with E-state index >= 15 is 0 Å². The predicted molar refractivity (Wildman–Crippen MR) is 158 cm³/mol. The van der Waals surface area contributed by atoms with Gasteiger partial charge in [-0.25, -0.2) is 4.79 Å². The van der Waals surface area contributed by atoms with Crippen LogP contribution in [0.4, 0.5) is 5.00 Å². The molecule has 1 atom stereocenters. The van der Waals surface area contributed by atoms with Gasteiger partial charge < -0.3 is 19.9 Å². The number of anilines is 1. The van der Waals surface area contributed by atoms with Crippen molar-refractivity contribution in [2.75, 3.05) is 11.9 Å². The summed E-state index contributed by atoms with van der Waals surface area (Å²) in [6, 6.07) is 9.59. The van der Waals surface area contributed by atoms with Gasteiger partial charge in [-0.1, -0.05) is 55.4 Å². The minimum absolute atomic E-state index is 0.0887. The molecule has 2 amide bonds. The number of nitrogens with one attached hydrogen (secondary N) is 2. The maximum absolute atomic E-state index is 13.3. The summed E-state index contributed by atoms with van der Waals surface area (Å²) in [6.45, 7) is 6.94. The monoisotopic (exact) mass is 583 g/mol. The lowest BCUT2D eigenvalue weighted by Gasteiger charge is -2.14. The van der Waals surface area contributed by atoms with E-state index in [0.29, 0.717) is 34.5 Å². The molecule has 0 aliphatic heterocycles. The highest BCUT2D eigenvalue weighted by molar-refractivity contribution is 8.00. The molecular weight excluding hydrogens is 546 g/mol. The number of ether oxygens (including phenoxy) is 1. The van der Waals surface area contributed by atoms with Crippen LogP contribution >= 0.6 is 23.1 Å². The lowest BCUT2D eigenvalue weighted by molar-refractivity contribution is -0.120. The molecule has 0 saturated carbocycles. The Labute approximate surface area is 243 Å². The summed E-state index contributed by atoms with van der Waals surface area (Å²) in [5, 5.41) is 15.3. The van der Waals surface area contributed by atoms with Crippen molar-refractivity contribution in [2.45, 2.75) is 89.2 Å². The Balaban J connectivity index is 1.43. The highest BCUT2D eigenvalue weighted by Crippen LogP contribution is 2.39.